The van der Waals surface area contributed by atoms with Crippen LogP contribution in [0.25, 0.3) is 0 Å². The molecule has 0 N–H and O–H groups in total. The van der Waals surface area contributed by atoms with Crippen LogP contribution < -0.4 is 0 Å². The van der Waals surface area contributed by atoms with Crippen LogP contribution in [-0.4, -0.2) is 82.6 Å². The highest BCUT2D eigenvalue weighted by molar-refractivity contribution is 7.91. The van der Waals surface area contributed by atoms with Gasteiger partial charge in [-0.15, -0.1) is 0 Å². The number of piperidine rings is 1. The summed E-state index contributed by atoms with van der Waals surface area (Å²) in [6.45, 7) is 0.988. The van der Waals surface area contributed by atoms with Crippen molar-refractivity contribution in [3.63, 3.8) is 0 Å². The number of hydrogen-bond acceptors (Lipinski definition) is 8. The lowest BCUT2D eigenvalue weighted by Gasteiger charge is -2.42. The van der Waals surface area contributed by atoms with E-state index in [4.69, 9.17) is 4.74 Å². The summed E-state index contributed by atoms with van der Waals surface area (Å²) in [7, 11) is -12.3. The van der Waals surface area contributed by atoms with Gasteiger partial charge in [-0.2, -0.15) is 4.31 Å². The lowest BCUT2D eigenvalue weighted by Crippen LogP contribution is -2.54. The molecule has 4 rings (SSSR count). The van der Waals surface area contributed by atoms with Gasteiger partial charge < -0.3 is 4.74 Å². The minimum Gasteiger partial charge on any atom is -0.358 e. The first-order chi connectivity index (χ1) is 16.2. The minimum atomic E-state index is -3.96. The molecule has 1 spiro atoms. The SMILES string of the molecule is CS(=O)(=O)c1ccc(S(=O)N2CCC3(CC2)OCCN3S(=O)(=O)c2ccc(S(C)(=O)=O)cc2)cc1. The monoisotopic (exact) mass is 562 g/mol. The van der Waals surface area contributed by atoms with E-state index in [2.05, 4.69) is 0 Å². The van der Waals surface area contributed by atoms with Crippen molar-refractivity contribution < 1.29 is 34.2 Å². The zero-order chi connectivity index (χ0) is 25.6. The molecule has 192 valence electrons. The smallest absolute Gasteiger partial charge is 0.245 e. The van der Waals surface area contributed by atoms with Crippen LogP contribution in [0.3, 0.4) is 0 Å². The lowest BCUT2D eigenvalue weighted by atomic mass is 10.0. The zero-order valence-corrected chi connectivity index (χ0v) is 22.4. The summed E-state index contributed by atoms with van der Waals surface area (Å²) < 4.78 is 95.5. The molecule has 0 bridgehead atoms. The maximum atomic E-state index is 13.4. The molecule has 2 aromatic rings. The van der Waals surface area contributed by atoms with Crippen LogP contribution in [0.15, 0.2) is 68.1 Å². The van der Waals surface area contributed by atoms with Crippen molar-refractivity contribution in [2.24, 2.45) is 0 Å². The summed E-state index contributed by atoms with van der Waals surface area (Å²) in [4.78, 5) is 0.604. The molecule has 0 amide bonds. The fraction of sp³-hybridized carbons (Fsp3) is 0.429. The van der Waals surface area contributed by atoms with E-state index in [1.807, 2.05) is 0 Å². The van der Waals surface area contributed by atoms with Crippen molar-refractivity contribution in [2.45, 2.75) is 38.1 Å². The maximum absolute atomic E-state index is 13.4. The van der Waals surface area contributed by atoms with Crippen molar-refractivity contribution in [1.29, 1.82) is 0 Å². The van der Waals surface area contributed by atoms with Crippen molar-refractivity contribution in [2.75, 3.05) is 38.8 Å². The molecule has 2 aliphatic heterocycles. The molecule has 0 aromatic heterocycles. The first-order valence-electron chi connectivity index (χ1n) is 10.7. The predicted octanol–water partition coefficient (Wildman–Crippen LogP) is 1.03. The van der Waals surface area contributed by atoms with E-state index in [1.165, 1.54) is 52.8 Å². The third kappa shape index (κ3) is 5.24. The number of rotatable bonds is 6. The van der Waals surface area contributed by atoms with E-state index in [9.17, 15) is 29.5 Å². The maximum Gasteiger partial charge on any atom is 0.245 e. The summed E-state index contributed by atoms with van der Waals surface area (Å²) in [6.07, 6.45) is 2.74. The molecule has 0 saturated carbocycles. The summed E-state index contributed by atoms with van der Waals surface area (Å²) >= 11 is 0. The van der Waals surface area contributed by atoms with E-state index in [-0.39, 0.29) is 27.8 Å². The molecule has 0 aliphatic carbocycles. The molecule has 2 fully saturated rings. The van der Waals surface area contributed by atoms with Gasteiger partial charge in [0.1, 0.15) is 16.7 Å². The number of benzene rings is 2. The number of hydrogen-bond donors (Lipinski definition) is 0. The van der Waals surface area contributed by atoms with Crippen LogP contribution in [0.4, 0.5) is 0 Å². The Balaban J connectivity index is 1.50. The Hall–Kier alpha value is -1.68. The quantitative estimate of drug-likeness (QED) is 0.510. The molecule has 2 aliphatic rings. The van der Waals surface area contributed by atoms with Crippen molar-refractivity contribution in [3.05, 3.63) is 48.5 Å². The van der Waals surface area contributed by atoms with Gasteiger partial charge in [0.25, 0.3) is 0 Å². The molecule has 1 atom stereocenters. The average molecular weight is 563 g/mol. The molecule has 14 heteroatoms. The third-order valence-corrected chi connectivity index (χ3v) is 11.9. The Morgan fingerprint density at radius 1 is 0.743 bits per heavy atom. The van der Waals surface area contributed by atoms with E-state index in [1.54, 1.807) is 4.31 Å². The molecule has 1 unspecified atom stereocenters. The second kappa shape index (κ2) is 9.32. The van der Waals surface area contributed by atoms with Gasteiger partial charge in [-0.1, -0.05) is 0 Å². The van der Waals surface area contributed by atoms with Crippen molar-refractivity contribution >= 4 is 40.7 Å². The Labute approximate surface area is 208 Å². The van der Waals surface area contributed by atoms with Gasteiger partial charge >= 0.3 is 0 Å². The Kier molecular flexibility index (Phi) is 7.03. The van der Waals surface area contributed by atoms with Gasteiger partial charge in [0.05, 0.1) is 26.2 Å². The number of sulfonamides is 1. The van der Waals surface area contributed by atoms with Crippen LogP contribution in [0.2, 0.25) is 0 Å². The Morgan fingerprint density at radius 3 is 1.69 bits per heavy atom. The van der Waals surface area contributed by atoms with E-state index < -0.39 is 46.4 Å². The minimum absolute atomic E-state index is 0.0215. The van der Waals surface area contributed by atoms with Gasteiger partial charge in [0.15, 0.2) is 19.7 Å². The largest absolute Gasteiger partial charge is 0.358 e. The summed E-state index contributed by atoms with van der Waals surface area (Å²) in [5.41, 5.74) is -1.07. The zero-order valence-electron chi connectivity index (χ0n) is 19.2. The molecule has 2 saturated heterocycles. The van der Waals surface area contributed by atoms with E-state index in [0.29, 0.717) is 30.8 Å². The second-order valence-electron chi connectivity index (χ2n) is 8.54. The van der Waals surface area contributed by atoms with Crippen LogP contribution in [-0.2, 0) is 45.4 Å². The Bertz CT molecular complexity index is 1440. The topological polar surface area (TPSA) is 135 Å². The highest BCUT2D eigenvalue weighted by Gasteiger charge is 2.51. The van der Waals surface area contributed by atoms with Gasteiger partial charge in [0.2, 0.25) is 10.0 Å². The summed E-state index contributed by atoms with van der Waals surface area (Å²) in [5, 5.41) is 0. The van der Waals surface area contributed by atoms with E-state index >= 15 is 0 Å². The van der Waals surface area contributed by atoms with Gasteiger partial charge in [-0.05, 0) is 48.5 Å². The van der Waals surface area contributed by atoms with Crippen molar-refractivity contribution in [3.8, 4) is 0 Å². The van der Waals surface area contributed by atoms with Gasteiger partial charge in [-0.3, -0.25) is 0 Å². The molecule has 0 radical (unpaired) electrons. The van der Waals surface area contributed by atoms with Gasteiger partial charge in [-0.25, -0.2) is 33.8 Å². The molecule has 10 nitrogen and oxygen atoms in total. The molecule has 2 aromatic carbocycles. The average Bonchev–Trinajstić information content (AvgIpc) is 3.22. The normalized spacial score (nSPS) is 20.7. The third-order valence-electron chi connectivity index (χ3n) is 6.15. The molecule has 35 heavy (non-hydrogen) atoms. The highest BCUT2D eigenvalue weighted by Crippen LogP contribution is 2.39. The first kappa shape index (κ1) is 26.4. The second-order valence-corrected chi connectivity index (χ2v) is 15.9. The van der Waals surface area contributed by atoms with Crippen LogP contribution >= 0.6 is 0 Å². The molecular formula is C21H26N2O8S4. The van der Waals surface area contributed by atoms with Crippen LogP contribution in [0.1, 0.15) is 12.8 Å². The number of ether oxygens (including phenoxy) is 1. The lowest BCUT2D eigenvalue weighted by molar-refractivity contribution is -0.0802. The first-order valence-corrected chi connectivity index (χ1v) is 17.0. The standard InChI is InChI=1S/C21H26N2O8S4/c1-33(25,26)18-5-3-17(4-6-18)32(24)22-13-11-21(12-14-22)23(15-16-31-21)35(29,30)20-9-7-19(8-10-20)34(2,27)28/h3-10H,11-16H2,1-2H3. The predicted molar refractivity (Wildman–Crippen MR) is 129 cm³/mol. The number of sulfone groups is 2. The van der Waals surface area contributed by atoms with Gasteiger partial charge in [0, 0.05) is 45.0 Å². The van der Waals surface area contributed by atoms with Crippen LogP contribution in [0, 0.1) is 0 Å². The number of nitrogens with zero attached hydrogens (tertiary/aromatic N) is 2. The molecule has 2 heterocycles. The Morgan fingerprint density at radius 2 is 1.20 bits per heavy atom. The summed E-state index contributed by atoms with van der Waals surface area (Å²) in [6, 6.07) is 11.0. The fourth-order valence-corrected chi connectivity index (χ4v) is 8.43. The summed E-state index contributed by atoms with van der Waals surface area (Å²) in [5.74, 6) is 0. The molecular weight excluding hydrogens is 537 g/mol. The van der Waals surface area contributed by atoms with Crippen LogP contribution in [0.5, 0.6) is 0 Å². The van der Waals surface area contributed by atoms with Crippen molar-refractivity contribution in [1.82, 2.24) is 8.61 Å². The van der Waals surface area contributed by atoms with E-state index in [0.717, 1.165) is 12.5 Å². The highest BCUT2D eigenvalue weighted by atomic mass is 32.2. The fourth-order valence-electron chi connectivity index (χ4n) is 4.27.